The van der Waals surface area contributed by atoms with Crippen molar-refractivity contribution in [3.05, 3.63) is 33.3 Å². The normalized spacial score (nSPS) is 20.8. The lowest BCUT2D eigenvalue weighted by Crippen LogP contribution is -2.20. The summed E-state index contributed by atoms with van der Waals surface area (Å²) >= 11 is 13.5. The molecule has 0 aromatic heterocycles. The van der Waals surface area contributed by atoms with Crippen molar-refractivity contribution in [1.82, 2.24) is 0 Å². The van der Waals surface area contributed by atoms with Crippen molar-refractivity contribution in [2.24, 2.45) is 0 Å². The highest BCUT2D eigenvalue weighted by Gasteiger charge is 2.26. The number of fused-ring (bicyclic) bond motifs is 1. The Morgan fingerprint density at radius 2 is 2.14 bits per heavy atom. The predicted molar refractivity (Wildman–Crippen MR) is 61.5 cm³/mol. The smallest absolute Gasteiger partial charge is 0.175 e. The highest BCUT2D eigenvalue weighted by Crippen LogP contribution is 2.37. The van der Waals surface area contributed by atoms with Gasteiger partial charge < -0.3 is 0 Å². The molecule has 0 saturated carbocycles. The Hall–Kier alpha value is -0.180. The maximum absolute atomic E-state index is 11.8. The topological polar surface area (TPSA) is 17.1 Å². The largest absolute Gasteiger partial charge is 0.293 e. The lowest BCUT2D eigenvalue weighted by Gasteiger charge is -2.21. The number of carbonyl (C=O) groups is 1. The molecule has 0 N–H and O–H groups in total. The highest BCUT2D eigenvalue weighted by atomic mass is 35.5. The van der Waals surface area contributed by atoms with Gasteiger partial charge in [-0.05, 0) is 24.6 Å². The van der Waals surface area contributed by atoms with Crippen LogP contribution in [0.5, 0.6) is 0 Å². The van der Waals surface area contributed by atoms with Crippen molar-refractivity contribution in [3.8, 4) is 0 Å². The first-order chi connectivity index (χ1) is 6.61. The second-order valence-corrected chi connectivity index (χ2v) is 5.32. The van der Waals surface area contributed by atoms with Crippen LogP contribution in [0.1, 0.15) is 22.8 Å². The number of ketones is 1. The van der Waals surface area contributed by atoms with Crippen LogP contribution in [0.15, 0.2) is 12.1 Å². The summed E-state index contributed by atoms with van der Waals surface area (Å²) in [5.41, 5.74) is 1.61. The number of halogens is 2. The Morgan fingerprint density at radius 3 is 2.86 bits per heavy atom. The summed E-state index contributed by atoms with van der Waals surface area (Å²) in [6, 6.07) is 3.45. The Kier molecular flexibility index (Phi) is 2.78. The molecule has 1 aromatic carbocycles. The second kappa shape index (κ2) is 3.76. The van der Waals surface area contributed by atoms with Crippen molar-refractivity contribution in [2.45, 2.75) is 17.9 Å². The maximum Gasteiger partial charge on any atom is 0.175 e. The standard InChI is InChI=1S/C10H8Cl2OS/c1-5-10(13)6-2-3-8(11)9(12)7(6)4-14-5/h2-3,5H,4H2,1H3. The van der Waals surface area contributed by atoms with E-state index in [1.807, 2.05) is 6.92 Å². The highest BCUT2D eigenvalue weighted by molar-refractivity contribution is 8.00. The SMILES string of the molecule is CC1SCc2c(ccc(Cl)c2Cl)C1=O. The fourth-order valence-electron chi connectivity index (χ4n) is 1.47. The summed E-state index contributed by atoms with van der Waals surface area (Å²) in [4.78, 5) is 11.8. The van der Waals surface area contributed by atoms with Crippen LogP contribution in [-0.4, -0.2) is 11.0 Å². The van der Waals surface area contributed by atoms with E-state index in [9.17, 15) is 4.79 Å². The Bertz CT molecular complexity index is 403. The zero-order valence-corrected chi connectivity index (χ0v) is 9.84. The van der Waals surface area contributed by atoms with Crippen LogP contribution >= 0.6 is 35.0 Å². The number of hydrogen-bond donors (Lipinski definition) is 0. The maximum atomic E-state index is 11.8. The van der Waals surface area contributed by atoms with E-state index >= 15 is 0 Å². The third kappa shape index (κ3) is 1.56. The summed E-state index contributed by atoms with van der Waals surface area (Å²) in [6.07, 6.45) is 0. The minimum Gasteiger partial charge on any atom is -0.293 e. The monoisotopic (exact) mass is 246 g/mol. The molecule has 0 bridgehead atoms. The van der Waals surface area contributed by atoms with Crippen molar-refractivity contribution in [3.63, 3.8) is 0 Å². The lowest BCUT2D eigenvalue weighted by molar-refractivity contribution is 0.0991. The number of Topliss-reactive ketones (excluding diaryl/α,β-unsaturated/α-hetero) is 1. The van der Waals surface area contributed by atoms with E-state index in [1.165, 1.54) is 0 Å². The Balaban J connectivity index is 2.59. The fraction of sp³-hybridized carbons (Fsp3) is 0.300. The van der Waals surface area contributed by atoms with E-state index in [-0.39, 0.29) is 11.0 Å². The minimum atomic E-state index is 0.0275. The molecule has 1 aliphatic rings. The molecule has 1 nitrogen and oxygen atoms in total. The molecule has 1 heterocycles. The van der Waals surface area contributed by atoms with Gasteiger partial charge in [-0.25, -0.2) is 0 Å². The second-order valence-electron chi connectivity index (χ2n) is 3.20. The summed E-state index contributed by atoms with van der Waals surface area (Å²) in [5.74, 6) is 0.913. The number of thioether (sulfide) groups is 1. The van der Waals surface area contributed by atoms with E-state index in [0.717, 1.165) is 16.9 Å². The average molecular weight is 247 g/mol. The molecule has 74 valence electrons. The van der Waals surface area contributed by atoms with Gasteiger partial charge in [0.15, 0.2) is 5.78 Å². The molecule has 2 rings (SSSR count). The molecule has 0 amide bonds. The van der Waals surface area contributed by atoms with Gasteiger partial charge in [0.2, 0.25) is 0 Å². The van der Waals surface area contributed by atoms with Gasteiger partial charge in [0.1, 0.15) is 0 Å². The van der Waals surface area contributed by atoms with Crippen molar-refractivity contribution in [1.29, 1.82) is 0 Å². The zero-order chi connectivity index (χ0) is 10.3. The summed E-state index contributed by atoms with van der Waals surface area (Å²) in [5, 5.41) is 1.07. The molecule has 1 aliphatic heterocycles. The van der Waals surface area contributed by atoms with Gasteiger partial charge in [-0.1, -0.05) is 23.2 Å². The summed E-state index contributed by atoms with van der Waals surface area (Å²) in [7, 11) is 0. The van der Waals surface area contributed by atoms with Crippen molar-refractivity contribution >= 4 is 40.7 Å². The molecule has 1 atom stereocenters. The number of carbonyl (C=O) groups excluding carboxylic acids is 1. The van der Waals surface area contributed by atoms with Crippen LogP contribution in [0.3, 0.4) is 0 Å². The molecule has 0 aliphatic carbocycles. The van der Waals surface area contributed by atoms with E-state index in [2.05, 4.69) is 0 Å². The van der Waals surface area contributed by atoms with Crippen LogP contribution < -0.4 is 0 Å². The minimum absolute atomic E-state index is 0.0275. The number of hydrogen-bond acceptors (Lipinski definition) is 2. The summed E-state index contributed by atoms with van der Waals surface area (Å²) < 4.78 is 0. The third-order valence-electron chi connectivity index (χ3n) is 2.31. The molecular weight excluding hydrogens is 239 g/mol. The first-order valence-electron chi connectivity index (χ1n) is 4.24. The van der Waals surface area contributed by atoms with Crippen LogP contribution in [0, 0.1) is 0 Å². The van der Waals surface area contributed by atoms with E-state index in [4.69, 9.17) is 23.2 Å². The fourth-order valence-corrected chi connectivity index (χ4v) is 2.95. The predicted octanol–water partition coefficient (Wildman–Crippen LogP) is 3.81. The summed E-state index contributed by atoms with van der Waals surface area (Å²) in [6.45, 7) is 1.92. The lowest BCUT2D eigenvalue weighted by atomic mass is 10.0. The van der Waals surface area contributed by atoms with Crippen LogP contribution in [0.4, 0.5) is 0 Å². The Labute approximate surface area is 96.8 Å². The molecule has 1 unspecified atom stereocenters. The van der Waals surface area contributed by atoms with Gasteiger partial charge in [-0.3, -0.25) is 4.79 Å². The number of rotatable bonds is 0. The van der Waals surface area contributed by atoms with E-state index in [0.29, 0.717) is 10.0 Å². The number of benzene rings is 1. The third-order valence-corrected chi connectivity index (χ3v) is 4.32. The van der Waals surface area contributed by atoms with E-state index in [1.54, 1.807) is 23.9 Å². The molecule has 0 spiro atoms. The molecular formula is C10H8Cl2OS. The van der Waals surface area contributed by atoms with Crippen LogP contribution in [-0.2, 0) is 5.75 Å². The first-order valence-corrected chi connectivity index (χ1v) is 6.04. The van der Waals surface area contributed by atoms with Gasteiger partial charge in [0.25, 0.3) is 0 Å². The van der Waals surface area contributed by atoms with E-state index < -0.39 is 0 Å². The molecule has 0 saturated heterocycles. The Morgan fingerprint density at radius 1 is 1.43 bits per heavy atom. The van der Waals surface area contributed by atoms with Crippen molar-refractivity contribution < 1.29 is 4.79 Å². The molecule has 0 fully saturated rings. The van der Waals surface area contributed by atoms with Crippen LogP contribution in [0.25, 0.3) is 0 Å². The molecule has 1 aromatic rings. The van der Waals surface area contributed by atoms with Gasteiger partial charge in [0, 0.05) is 11.3 Å². The van der Waals surface area contributed by atoms with Gasteiger partial charge >= 0.3 is 0 Å². The quantitative estimate of drug-likeness (QED) is 0.693. The molecule has 0 radical (unpaired) electrons. The average Bonchev–Trinajstić information content (AvgIpc) is 2.17. The molecule has 4 heteroatoms. The van der Waals surface area contributed by atoms with Gasteiger partial charge in [-0.2, -0.15) is 0 Å². The first kappa shape index (κ1) is 10.3. The van der Waals surface area contributed by atoms with Gasteiger partial charge in [0.05, 0.1) is 15.3 Å². The van der Waals surface area contributed by atoms with Crippen LogP contribution in [0.2, 0.25) is 10.0 Å². The molecule has 14 heavy (non-hydrogen) atoms. The zero-order valence-electron chi connectivity index (χ0n) is 7.51. The van der Waals surface area contributed by atoms with Gasteiger partial charge in [-0.15, -0.1) is 11.8 Å². The van der Waals surface area contributed by atoms with Crippen molar-refractivity contribution in [2.75, 3.05) is 0 Å².